The second-order valence-corrected chi connectivity index (χ2v) is 7.83. The number of nitrogens with zero attached hydrogens (tertiary/aromatic N) is 1. The first kappa shape index (κ1) is 27.4. The number of carboxylic acid groups (broad SMARTS) is 1. The lowest BCUT2D eigenvalue weighted by Crippen LogP contribution is -2.07. The second-order valence-electron chi connectivity index (χ2n) is 7.83. The summed E-state index contributed by atoms with van der Waals surface area (Å²) in [5, 5.41) is 9.02. The van der Waals surface area contributed by atoms with Gasteiger partial charge in [-0.25, -0.2) is 18.0 Å². The fraction of sp³-hybridized carbons (Fsp3) is 0.148. The number of benzene rings is 2. The van der Waals surface area contributed by atoms with Crippen molar-refractivity contribution in [1.82, 2.24) is 4.57 Å². The Hall–Kier alpha value is -4.21. The van der Waals surface area contributed by atoms with E-state index in [4.69, 9.17) is 9.84 Å². The van der Waals surface area contributed by atoms with E-state index in [1.807, 2.05) is 0 Å². The number of alkyl halides is 3. The van der Waals surface area contributed by atoms with Crippen LogP contribution in [0.5, 0.6) is 5.75 Å². The molecule has 0 saturated carbocycles. The molecule has 2 aromatic carbocycles. The van der Waals surface area contributed by atoms with Gasteiger partial charge in [0.15, 0.2) is 0 Å². The van der Waals surface area contributed by atoms with Gasteiger partial charge in [0, 0.05) is 29.1 Å². The van der Waals surface area contributed by atoms with Crippen molar-refractivity contribution < 1.29 is 41.0 Å². The van der Waals surface area contributed by atoms with Crippen LogP contribution in [0.4, 0.5) is 26.3 Å². The van der Waals surface area contributed by atoms with E-state index in [0.29, 0.717) is 11.8 Å². The SMILES string of the molecule is C\C=C(C(=O)O)/C(F)=C\C=C\n1c(C)ccc1-c1cc(C(F)(F)F)ccc1OCc1ccc(F)cc1F. The Morgan fingerprint density at radius 1 is 1.08 bits per heavy atom. The molecule has 0 aliphatic heterocycles. The Labute approximate surface area is 208 Å². The number of carboxylic acids is 1. The van der Waals surface area contributed by atoms with Crippen molar-refractivity contribution in [3.8, 4) is 17.0 Å². The second kappa shape index (κ2) is 11.2. The van der Waals surface area contributed by atoms with Crippen LogP contribution in [-0.4, -0.2) is 15.6 Å². The molecule has 0 aliphatic carbocycles. The lowest BCUT2D eigenvalue weighted by molar-refractivity contribution is -0.137. The van der Waals surface area contributed by atoms with Gasteiger partial charge >= 0.3 is 12.1 Å². The summed E-state index contributed by atoms with van der Waals surface area (Å²) in [6, 6.07) is 8.79. The molecule has 3 aromatic rings. The molecule has 0 unspecified atom stereocenters. The molecular weight excluding hydrogens is 500 g/mol. The van der Waals surface area contributed by atoms with Crippen LogP contribution in [0.15, 0.2) is 78.2 Å². The number of aliphatic carboxylic acids is 1. The zero-order chi connectivity index (χ0) is 27.3. The maximum absolute atomic E-state index is 14.2. The highest BCUT2D eigenvalue weighted by atomic mass is 19.4. The Morgan fingerprint density at radius 3 is 2.43 bits per heavy atom. The van der Waals surface area contributed by atoms with Crippen LogP contribution in [-0.2, 0) is 17.6 Å². The van der Waals surface area contributed by atoms with Crippen LogP contribution in [0.3, 0.4) is 0 Å². The molecule has 10 heteroatoms. The van der Waals surface area contributed by atoms with Gasteiger partial charge in [-0.15, -0.1) is 0 Å². The predicted octanol–water partition coefficient (Wildman–Crippen LogP) is 7.69. The zero-order valence-electron chi connectivity index (χ0n) is 19.6. The summed E-state index contributed by atoms with van der Waals surface area (Å²) >= 11 is 0. The summed E-state index contributed by atoms with van der Waals surface area (Å²) in [7, 11) is 0. The normalized spacial score (nSPS) is 12.9. The number of aryl methyl sites for hydroxylation is 1. The minimum atomic E-state index is -4.66. The van der Waals surface area contributed by atoms with Crippen molar-refractivity contribution in [1.29, 1.82) is 0 Å². The fourth-order valence-electron chi connectivity index (χ4n) is 3.46. The molecule has 3 rings (SSSR count). The summed E-state index contributed by atoms with van der Waals surface area (Å²) in [5.74, 6) is -4.13. The van der Waals surface area contributed by atoms with Crippen molar-refractivity contribution in [2.75, 3.05) is 0 Å². The first-order valence-corrected chi connectivity index (χ1v) is 10.8. The number of hydrogen-bond donors (Lipinski definition) is 1. The number of rotatable bonds is 8. The van der Waals surface area contributed by atoms with Gasteiger partial charge < -0.3 is 14.4 Å². The summed E-state index contributed by atoms with van der Waals surface area (Å²) in [6.07, 6.45) is -0.105. The summed E-state index contributed by atoms with van der Waals surface area (Å²) in [4.78, 5) is 11.1. The van der Waals surface area contributed by atoms with Crippen molar-refractivity contribution in [3.05, 3.63) is 107 Å². The molecule has 0 spiro atoms. The summed E-state index contributed by atoms with van der Waals surface area (Å²) in [5.41, 5.74) is -0.681. The van der Waals surface area contributed by atoms with E-state index < -0.39 is 40.7 Å². The van der Waals surface area contributed by atoms with E-state index in [-0.39, 0.29) is 29.2 Å². The van der Waals surface area contributed by atoms with Gasteiger partial charge in [-0.3, -0.25) is 0 Å². The van der Waals surface area contributed by atoms with Crippen LogP contribution in [0.1, 0.15) is 23.7 Å². The highest BCUT2D eigenvalue weighted by Gasteiger charge is 2.31. The molecule has 0 aliphatic rings. The molecular formula is C27H21F6NO3. The smallest absolute Gasteiger partial charge is 0.416 e. The minimum absolute atomic E-state index is 0.00228. The Balaban J connectivity index is 2.04. The zero-order valence-corrected chi connectivity index (χ0v) is 19.6. The summed E-state index contributed by atoms with van der Waals surface area (Å²) in [6.45, 7) is 2.64. The third kappa shape index (κ3) is 6.52. The molecule has 0 fully saturated rings. The van der Waals surface area contributed by atoms with Crippen LogP contribution in [0.25, 0.3) is 17.5 Å². The molecule has 0 atom stereocenters. The molecule has 1 N–H and O–H groups in total. The number of halogens is 6. The lowest BCUT2D eigenvalue weighted by Gasteiger charge is -2.16. The number of carbonyl (C=O) groups is 1. The minimum Gasteiger partial charge on any atom is -0.488 e. The highest BCUT2D eigenvalue weighted by molar-refractivity contribution is 5.91. The Bertz CT molecular complexity index is 1400. The van der Waals surface area contributed by atoms with Gasteiger partial charge in [0.2, 0.25) is 0 Å². The number of hydrogen-bond acceptors (Lipinski definition) is 2. The van der Waals surface area contributed by atoms with E-state index in [1.54, 1.807) is 13.0 Å². The van der Waals surface area contributed by atoms with Crippen molar-refractivity contribution >= 4 is 12.2 Å². The van der Waals surface area contributed by atoms with Gasteiger partial charge in [-0.05, 0) is 68.5 Å². The maximum atomic E-state index is 14.2. The van der Waals surface area contributed by atoms with Gasteiger partial charge in [0.1, 0.15) is 29.8 Å². The Morgan fingerprint density at radius 2 is 1.81 bits per heavy atom. The Kier molecular flexibility index (Phi) is 8.31. The van der Waals surface area contributed by atoms with Gasteiger partial charge in [0.25, 0.3) is 0 Å². The van der Waals surface area contributed by atoms with Gasteiger partial charge in [-0.2, -0.15) is 13.2 Å². The first-order chi connectivity index (χ1) is 17.4. The van der Waals surface area contributed by atoms with Gasteiger partial charge in [0.05, 0.1) is 16.8 Å². The average Bonchev–Trinajstić information content (AvgIpc) is 3.18. The van der Waals surface area contributed by atoms with E-state index in [0.717, 1.165) is 36.4 Å². The first-order valence-electron chi connectivity index (χ1n) is 10.8. The molecule has 1 heterocycles. The average molecular weight is 521 g/mol. The van der Waals surface area contributed by atoms with E-state index in [1.165, 1.54) is 35.9 Å². The third-order valence-electron chi connectivity index (χ3n) is 5.36. The van der Waals surface area contributed by atoms with E-state index >= 15 is 0 Å². The predicted molar refractivity (Wildman–Crippen MR) is 126 cm³/mol. The fourth-order valence-corrected chi connectivity index (χ4v) is 3.46. The van der Waals surface area contributed by atoms with Crippen LogP contribution < -0.4 is 4.74 Å². The van der Waals surface area contributed by atoms with Crippen LogP contribution in [0, 0.1) is 18.6 Å². The lowest BCUT2D eigenvalue weighted by atomic mass is 10.1. The van der Waals surface area contributed by atoms with Gasteiger partial charge in [-0.1, -0.05) is 6.08 Å². The van der Waals surface area contributed by atoms with Crippen molar-refractivity contribution in [3.63, 3.8) is 0 Å². The highest BCUT2D eigenvalue weighted by Crippen LogP contribution is 2.38. The quantitative estimate of drug-likeness (QED) is 0.188. The topological polar surface area (TPSA) is 51.5 Å². The molecule has 4 nitrogen and oxygen atoms in total. The van der Waals surface area contributed by atoms with Crippen LogP contribution in [0.2, 0.25) is 0 Å². The molecule has 194 valence electrons. The number of ether oxygens (including phenoxy) is 1. The number of allylic oxidation sites excluding steroid dienone is 3. The molecule has 0 bridgehead atoms. The van der Waals surface area contributed by atoms with E-state index in [2.05, 4.69) is 0 Å². The van der Waals surface area contributed by atoms with E-state index in [9.17, 15) is 31.1 Å². The third-order valence-corrected chi connectivity index (χ3v) is 5.36. The monoisotopic (exact) mass is 521 g/mol. The largest absolute Gasteiger partial charge is 0.488 e. The van der Waals surface area contributed by atoms with Crippen LogP contribution >= 0.6 is 0 Å². The molecule has 37 heavy (non-hydrogen) atoms. The molecule has 1 aromatic heterocycles. The van der Waals surface area contributed by atoms with Crippen molar-refractivity contribution in [2.45, 2.75) is 26.6 Å². The molecule has 0 amide bonds. The maximum Gasteiger partial charge on any atom is 0.416 e. The number of aromatic nitrogens is 1. The molecule has 0 saturated heterocycles. The summed E-state index contributed by atoms with van der Waals surface area (Å²) < 4.78 is 89.0. The molecule has 0 radical (unpaired) electrons. The standard InChI is InChI=1S/C27H21F6NO3/c1-3-20(26(35)36)22(29)5-4-12-34-16(2)6-10-24(34)21-13-18(27(31,32)33)8-11-25(21)37-15-17-7-9-19(28)14-23(17)30/h3-14H,15H2,1-2H3,(H,35,36)/b12-4+,20-3+,22-5+. The van der Waals surface area contributed by atoms with Crippen molar-refractivity contribution in [2.24, 2.45) is 0 Å².